The van der Waals surface area contributed by atoms with Crippen LogP contribution in [0.25, 0.3) is 0 Å². The summed E-state index contributed by atoms with van der Waals surface area (Å²) < 4.78 is 0. The fraction of sp³-hybridized carbons (Fsp3) is 1.00. The van der Waals surface area contributed by atoms with Crippen LogP contribution in [0.4, 0.5) is 0 Å². The van der Waals surface area contributed by atoms with Gasteiger partial charge in [0.1, 0.15) is 0 Å². The molecule has 0 rings (SSSR count). The summed E-state index contributed by atoms with van der Waals surface area (Å²) in [4.78, 5) is 0. The van der Waals surface area contributed by atoms with E-state index in [0.717, 1.165) is 0 Å². The number of hydrogen-bond donors (Lipinski definition) is 3. The minimum atomic E-state index is -0.414. The van der Waals surface area contributed by atoms with Gasteiger partial charge in [-0.05, 0) is 14.0 Å². The second-order valence-electron chi connectivity index (χ2n) is 1.96. The molecule has 0 amide bonds. The maximum absolute atomic E-state index is 8.79. The third kappa shape index (κ3) is 2.96. The van der Waals surface area contributed by atoms with Gasteiger partial charge in [-0.2, -0.15) is 0 Å². The number of aliphatic hydroxyl groups is 1. The molecule has 0 saturated heterocycles. The molecule has 50 valence electrons. The zero-order chi connectivity index (χ0) is 6.57. The molecule has 0 bridgehead atoms. The molecule has 0 aliphatic heterocycles. The molecule has 2 atom stereocenters. The summed E-state index contributed by atoms with van der Waals surface area (Å²) in [6.45, 7) is 2.35. The Morgan fingerprint density at radius 1 is 1.75 bits per heavy atom. The average molecular weight is 118 g/mol. The highest BCUT2D eigenvalue weighted by Gasteiger charge is 2.05. The first-order valence-electron chi connectivity index (χ1n) is 2.76. The van der Waals surface area contributed by atoms with Crippen LogP contribution in [0.15, 0.2) is 0 Å². The molecule has 0 aromatic heterocycles. The van der Waals surface area contributed by atoms with E-state index in [-0.39, 0.29) is 6.04 Å². The molecule has 0 aromatic carbocycles. The number of hydrogen-bond acceptors (Lipinski definition) is 3. The van der Waals surface area contributed by atoms with Crippen LogP contribution < -0.4 is 11.1 Å². The van der Waals surface area contributed by atoms with Gasteiger partial charge in [0.15, 0.2) is 0 Å². The van der Waals surface area contributed by atoms with Crippen molar-refractivity contribution in [1.29, 1.82) is 0 Å². The minimum Gasteiger partial charge on any atom is -0.392 e. The lowest BCUT2D eigenvalue weighted by atomic mass is 10.2. The van der Waals surface area contributed by atoms with E-state index in [4.69, 9.17) is 10.8 Å². The van der Waals surface area contributed by atoms with Gasteiger partial charge in [-0.25, -0.2) is 0 Å². The summed E-state index contributed by atoms with van der Waals surface area (Å²) in [5, 5.41) is 11.7. The smallest absolute Gasteiger partial charge is 0.0675 e. The lowest BCUT2D eigenvalue weighted by Crippen LogP contribution is -2.40. The van der Waals surface area contributed by atoms with E-state index in [0.29, 0.717) is 6.54 Å². The van der Waals surface area contributed by atoms with Gasteiger partial charge in [-0.3, -0.25) is 0 Å². The predicted octanol–water partition coefficient (Wildman–Crippen LogP) is -1.09. The van der Waals surface area contributed by atoms with E-state index in [9.17, 15) is 0 Å². The number of rotatable bonds is 3. The molecule has 8 heavy (non-hydrogen) atoms. The standard InChI is InChI=1S/C5H14N2O/c1-4(8)5(6)3-7-2/h4-5,7-8H,3,6H2,1-2H3/t4?,5-/m0/s1. The average Bonchev–Trinajstić information content (AvgIpc) is 1.67. The van der Waals surface area contributed by atoms with Crippen LogP contribution in [0.5, 0.6) is 0 Å². The van der Waals surface area contributed by atoms with E-state index in [1.165, 1.54) is 0 Å². The fourth-order valence-corrected chi connectivity index (χ4v) is 0.406. The highest BCUT2D eigenvalue weighted by atomic mass is 16.3. The molecule has 0 radical (unpaired) electrons. The highest BCUT2D eigenvalue weighted by molar-refractivity contribution is 4.68. The van der Waals surface area contributed by atoms with Crippen LogP contribution in [0.3, 0.4) is 0 Å². The van der Waals surface area contributed by atoms with E-state index < -0.39 is 6.10 Å². The first-order valence-corrected chi connectivity index (χ1v) is 2.76. The van der Waals surface area contributed by atoms with Crippen molar-refractivity contribution in [2.75, 3.05) is 13.6 Å². The van der Waals surface area contributed by atoms with E-state index in [1.54, 1.807) is 6.92 Å². The third-order valence-electron chi connectivity index (χ3n) is 1.06. The van der Waals surface area contributed by atoms with Gasteiger partial charge in [0.2, 0.25) is 0 Å². The Morgan fingerprint density at radius 3 is 2.38 bits per heavy atom. The Morgan fingerprint density at radius 2 is 2.25 bits per heavy atom. The minimum absolute atomic E-state index is 0.139. The van der Waals surface area contributed by atoms with Crippen LogP contribution in [-0.2, 0) is 0 Å². The van der Waals surface area contributed by atoms with Gasteiger partial charge in [0.25, 0.3) is 0 Å². The molecule has 0 fully saturated rings. The Balaban J connectivity index is 3.17. The van der Waals surface area contributed by atoms with Crippen LogP contribution in [-0.4, -0.2) is 30.8 Å². The van der Waals surface area contributed by atoms with Crippen molar-refractivity contribution in [3.05, 3.63) is 0 Å². The molecule has 0 aliphatic rings. The Bertz CT molecular complexity index is 56.4. The van der Waals surface area contributed by atoms with Gasteiger partial charge in [-0.1, -0.05) is 0 Å². The Kier molecular flexibility index (Phi) is 3.77. The summed E-state index contributed by atoms with van der Waals surface area (Å²) in [5.41, 5.74) is 5.41. The third-order valence-corrected chi connectivity index (χ3v) is 1.06. The molecule has 0 saturated carbocycles. The van der Waals surface area contributed by atoms with Gasteiger partial charge in [0.05, 0.1) is 6.10 Å². The molecule has 0 spiro atoms. The van der Waals surface area contributed by atoms with Crippen molar-refractivity contribution < 1.29 is 5.11 Å². The normalized spacial score (nSPS) is 18.0. The van der Waals surface area contributed by atoms with Crippen LogP contribution in [0.2, 0.25) is 0 Å². The van der Waals surface area contributed by atoms with E-state index >= 15 is 0 Å². The first-order chi connectivity index (χ1) is 3.68. The topological polar surface area (TPSA) is 58.3 Å². The Hall–Kier alpha value is -0.120. The van der Waals surface area contributed by atoms with E-state index in [1.807, 2.05) is 7.05 Å². The SMILES string of the molecule is CNC[C@H](N)C(C)O. The number of aliphatic hydroxyl groups excluding tert-OH is 1. The van der Waals surface area contributed by atoms with Crippen LogP contribution in [0.1, 0.15) is 6.92 Å². The zero-order valence-electron chi connectivity index (χ0n) is 5.39. The molecule has 1 unspecified atom stereocenters. The lowest BCUT2D eigenvalue weighted by Gasteiger charge is -2.12. The first kappa shape index (κ1) is 7.88. The van der Waals surface area contributed by atoms with Crippen molar-refractivity contribution in [3.63, 3.8) is 0 Å². The molecular weight excluding hydrogens is 104 g/mol. The lowest BCUT2D eigenvalue weighted by molar-refractivity contribution is 0.163. The zero-order valence-corrected chi connectivity index (χ0v) is 5.39. The van der Waals surface area contributed by atoms with Crippen LogP contribution in [0, 0.1) is 0 Å². The molecule has 0 heterocycles. The summed E-state index contributed by atoms with van der Waals surface area (Å²) in [7, 11) is 1.81. The second-order valence-corrected chi connectivity index (χ2v) is 1.96. The van der Waals surface area contributed by atoms with Crippen molar-refractivity contribution >= 4 is 0 Å². The van der Waals surface area contributed by atoms with Gasteiger partial charge >= 0.3 is 0 Å². The summed E-state index contributed by atoms with van der Waals surface area (Å²) >= 11 is 0. The highest BCUT2D eigenvalue weighted by Crippen LogP contribution is 1.83. The molecule has 3 heteroatoms. The summed E-state index contributed by atoms with van der Waals surface area (Å²) in [5.74, 6) is 0. The summed E-state index contributed by atoms with van der Waals surface area (Å²) in [6.07, 6.45) is -0.414. The maximum atomic E-state index is 8.79. The van der Waals surface area contributed by atoms with Gasteiger partial charge < -0.3 is 16.2 Å². The second kappa shape index (κ2) is 3.83. The number of nitrogens with one attached hydrogen (secondary N) is 1. The molecule has 3 nitrogen and oxygen atoms in total. The van der Waals surface area contributed by atoms with Gasteiger partial charge in [0, 0.05) is 12.6 Å². The number of likely N-dealkylation sites (N-methyl/N-ethyl adjacent to an activating group) is 1. The largest absolute Gasteiger partial charge is 0.392 e. The monoisotopic (exact) mass is 118 g/mol. The molecule has 0 aromatic rings. The van der Waals surface area contributed by atoms with Crippen molar-refractivity contribution in [3.8, 4) is 0 Å². The molecule has 4 N–H and O–H groups in total. The van der Waals surface area contributed by atoms with Crippen molar-refractivity contribution in [2.45, 2.75) is 19.1 Å². The molecular formula is C5H14N2O. The summed E-state index contributed by atoms with van der Waals surface area (Å²) in [6, 6.07) is -0.139. The number of nitrogens with two attached hydrogens (primary N) is 1. The predicted molar refractivity (Wildman–Crippen MR) is 33.6 cm³/mol. The van der Waals surface area contributed by atoms with E-state index in [2.05, 4.69) is 5.32 Å². The van der Waals surface area contributed by atoms with Crippen molar-refractivity contribution in [2.24, 2.45) is 5.73 Å². The molecule has 0 aliphatic carbocycles. The maximum Gasteiger partial charge on any atom is 0.0675 e. The fourth-order valence-electron chi connectivity index (χ4n) is 0.406. The van der Waals surface area contributed by atoms with Crippen LogP contribution >= 0.6 is 0 Å². The van der Waals surface area contributed by atoms with Gasteiger partial charge in [-0.15, -0.1) is 0 Å². The van der Waals surface area contributed by atoms with Crippen molar-refractivity contribution in [1.82, 2.24) is 5.32 Å². The quantitative estimate of drug-likeness (QED) is 0.441. The Labute approximate surface area is 49.9 Å².